The lowest BCUT2D eigenvalue weighted by atomic mass is 10.2. The molecule has 1 atom stereocenters. The third-order valence-electron chi connectivity index (χ3n) is 2.41. The minimum atomic E-state index is -0.657. The molecular weight excluding hydrogens is 256 g/mol. The van der Waals surface area contributed by atoms with Gasteiger partial charge in [-0.25, -0.2) is 0 Å². The molecule has 0 radical (unpaired) electrons. The topological polar surface area (TPSA) is 63.5 Å². The van der Waals surface area contributed by atoms with E-state index in [0.29, 0.717) is 12.2 Å². The number of carbonyl (C=O) groups is 1. The number of alkyl halides is 1. The average Bonchev–Trinajstić information content (AvgIpc) is 2.35. The first kappa shape index (κ1) is 14.4. The Morgan fingerprint density at radius 1 is 1.56 bits per heavy atom. The Morgan fingerprint density at radius 2 is 2.22 bits per heavy atom. The van der Waals surface area contributed by atoms with Crippen molar-refractivity contribution in [3.05, 3.63) is 34.4 Å². The molecule has 1 amide bonds. The molecule has 0 aromatic heterocycles. The Morgan fingerprint density at radius 3 is 2.72 bits per heavy atom. The first-order valence-electron chi connectivity index (χ1n) is 5.67. The van der Waals surface area contributed by atoms with Crippen LogP contribution in [0.3, 0.4) is 0 Å². The summed E-state index contributed by atoms with van der Waals surface area (Å²) in [5, 5.41) is 10.1. The lowest BCUT2D eigenvalue weighted by Gasteiger charge is -2.23. The molecule has 1 aromatic carbocycles. The second kappa shape index (κ2) is 6.35. The van der Waals surface area contributed by atoms with Crippen molar-refractivity contribution in [2.45, 2.75) is 25.6 Å². The van der Waals surface area contributed by atoms with Crippen molar-refractivity contribution in [3.63, 3.8) is 0 Å². The van der Waals surface area contributed by atoms with Gasteiger partial charge in [-0.2, -0.15) is 0 Å². The molecule has 0 aliphatic heterocycles. The van der Waals surface area contributed by atoms with Crippen molar-refractivity contribution in [2.75, 3.05) is 11.4 Å². The highest BCUT2D eigenvalue weighted by Crippen LogP contribution is 2.22. The maximum absolute atomic E-state index is 11.9. The van der Waals surface area contributed by atoms with Crippen LogP contribution in [0.25, 0.3) is 0 Å². The molecule has 0 aliphatic rings. The van der Waals surface area contributed by atoms with E-state index in [1.54, 1.807) is 19.1 Å². The van der Waals surface area contributed by atoms with E-state index in [1.807, 2.05) is 6.92 Å². The summed E-state index contributed by atoms with van der Waals surface area (Å²) >= 11 is 5.79. The Labute approximate surface area is 110 Å². The minimum absolute atomic E-state index is 0.0383. The zero-order valence-corrected chi connectivity index (χ0v) is 11.1. The maximum atomic E-state index is 11.9. The number of carbonyl (C=O) groups excluding carboxylic acids is 1. The van der Waals surface area contributed by atoms with Crippen molar-refractivity contribution < 1.29 is 9.72 Å². The summed E-state index contributed by atoms with van der Waals surface area (Å²) < 4.78 is 0. The van der Waals surface area contributed by atoms with Gasteiger partial charge in [0.2, 0.25) is 5.91 Å². The molecule has 5 nitrogen and oxygen atoms in total. The summed E-state index contributed by atoms with van der Waals surface area (Å²) in [6.07, 6.45) is 0.748. The van der Waals surface area contributed by atoms with Crippen LogP contribution < -0.4 is 4.90 Å². The van der Waals surface area contributed by atoms with Crippen LogP contribution in [-0.4, -0.2) is 22.8 Å². The van der Waals surface area contributed by atoms with Gasteiger partial charge in [-0.1, -0.05) is 13.0 Å². The number of benzene rings is 1. The number of hydrogen-bond donors (Lipinski definition) is 0. The lowest BCUT2D eigenvalue weighted by Crippen LogP contribution is -2.36. The van der Waals surface area contributed by atoms with Crippen LogP contribution in [0.4, 0.5) is 11.4 Å². The molecule has 0 N–H and O–H groups in total. The predicted octanol–water partition coefficient (Wildman–Crippen LogP) is 2.97. The molecule has 1 unspecified atom stereocenters. The van der Waals surface area contributed by atoms with Gasteiger partial charge < -0.3 is 4.90 Å². The lowest BCUT2D eigenvalue weighted by molar-refractivity contribution is -0.384. The third-order valence-corrected chi connectivity index (χ3v) is 2.59. The van der Waals surface area contributed by atoms with E-state index in [2.05, 4.69) is 0 Å². The van der Waals surface area contributed by atoms with E-state index < -0.39 is 10.3 Å². The standard InChI is InChI=1S/C12H15ClN2O3/c1-3-7-14(12(16)9(2)13)10-5-4-6-11(8-10)15(17)18/h4-6,8-9H,3,7H2,1-2H3. The fourth-order valence-electron chi connectivity index (χ4n) is 1.58. The number of halogens is 1. The molecule has 98 valence electrons. The summed E-state index contributed by atoms with van der Waals surface area (Å²) in [6.45, 7) is 4.00. The molecule has 1 rings (SSSR count). The first-order valence-corrected chi connectivity index (χ1v) is 6.11. The highest BCUT2D eigenvalue weighted by Gasteiger charge is 2.20. The van der Waals surface area contributed by atoms with Gasteiger partial charge in [-0.15, -0.1) is 11.6 Å². The summed E-state index contributed by atoms with van der Waals surface area (Å²) in [4.78, 5) is 23.6. The smallest absolute Gasteiger partial charge is 0.271 e. The highest BCUT2D eigenvalue weighted by molar-refractivity contribution is 6.32. The van der Waals surface area contributed by atoms with Gasteiger partial charge in [-0.05, 0) is 19.4 Å². The molecule has 18 heavy (non-hydrogen) atoms. The molecule has 1 aromatic rings. The number of nitrogens with zero attached hydrogens (tertiary/aromatic N) is 2. The van der Waals surface area contributed by atoms with Gasteiger partial charge in [0.25, 0.3) is 5.69 Å². The van der Waals surface area contributed by atoms with E-state index in [1.165, 1.54) is 17.0 Å². The van der Waals surface area contributed by atoms with Crippen molar-refractivity contribution in [1.29, 1.82) is 0 Å². The van der Waals surface area contributed by atoms with Gasteiger partial charge >= 0.3 is 0 Å². The van der Waals surface area contributed by atoms with E-state index in [0.717, 1.165) is 6.42 Å². The Hall–Kier alpha value is -1.62. The van der Waals surface area contributed by atoms with Gasteiger partial charge in [-0.3, -0.25) is 14.9 Å². The van der Waals surface area contributed by atoms with Crippen LogP contribution in [0.1, 0.15) is 20.3 Å². The molecule has 6 heteroatoms. The fourth-order valence-corrected chi connectivity index (χ4v) is 1.70. The summed E-state index contributed by atoms with van der Waals surface area (Å²) in [7, 11) is 0. The molecular formula is C12H15ClN2O3. The maximum Gasteiger partial charge on any atom is 0.271 e. The van der Waals surface area contributed by atoms with Crippen LogP contribution in [0.2, 0.25) is 0 Å². The molecule has 0 saturated heterocycles. The number of rotatable bonds is 5. The number of hydrogen-bond acceptors (Lipinski definition) is 3. The molecule has 0 saturated carbocycles. The minimum Gasteiger partial charge on any atom is -0.311 e. The van der Waals surface area contributed by atoms with Crippen LogP contribution in [-0.2, 0) is 4.79 Å². The van der Waals surface area contributed by atoms with Crippen molar-refractivity contribution in [1.82, 2.24) is 0 Å². The van der Waals surface area contributed by atoms with Crippen molar-refractivity contribution in [3.8, 4) is 0 Å². The van der Waals surface area contributed by atoms with E-state index in [4.69, 9.17) is 11.6 Å². The number of nitro groups is 1. The predicted molar refractivity (Wildman–Crippen MR) is 71.1 cm³/mol. The van der Waals surface area contributed by atoms with Gasteiger partial charge in [0.05, 0.1) is 10.6 Å². The molecule has 0 bridgehead atoms. The second-order valence-electron chi connectivity index (χ2n) is 3.88. The van der Waals surface area contributed by atoms with E-state index >= 15 is 0 Å². The average molecular weight is 271 g/mol. The van der Waals surface area contributed by atoms with E-state index in [-0.39, 0.29) is 11.6 Å². The van der Waals surface area contributed by atoms with Crippen LogP contribution in [0, 0.1) is 10.1 Å². The van der Waals surface area contributed by atoms with Gasteiger partial charge in [0.15, 0.2) is 0 Å². The zero-order valence-electron chi connectivity index (χ0n) is 10.3. The monoisotopic (exact) mass is 270 g/mol. The first-order chi connectivity index (χ1) is 8.47. The van der Waals surface area contributed by atoms with Crippen molar-refractivity contribution in [2.24, 2.45) is 0 Å². The Kier molecular flexibility index (Phi) is 5.09. The largest absolute Gasteiger partial charge is 0.311 e. The summed E-state index contributed by atoms with van der Waals surface area (Å²) in [6, 6.07) is 6.00. The number of anilines is 1. The second-order valence-corrected chi connectivity index (χ2v) is 4.54. The van der Waals surface area contributed by atoms with Crippen molar-refractivity contribution >= 4 is 28.9 Å². The molecule has 0 aliphatic carbocycles. The Balaban J connectivity index is 3.09. The summed E-state index contributed by atoms with van der Waals surface area (Å²) in [5.74, 6) is -0.251. The van der Waals surface area contributed by atoms with Gasteiger partial charge in [0, 0.05) is 18.7 Å². The highest BCUT2D eigenvalue weighted by atomic mass is 35.5. The normalized spacial score (nSPS) is 11.9. The molecule has 0 fully saturated rings. The Bertz CT molecular complexity index is 449. The van der Waals surface area contributed by atoms with Crippen LogP contribution in [0.15, 0.2) is 24.3 Å². The summed E-state index contributed by atoms with van der Waals surface area (Å²) in [5.41, 5.74) is 0.465. The quantitative estimate of drug-likeness (QED) is 0.469. The van der Waals surface area contributed by atoms with Crippen LogP contribution >= 0.6 is 11.6 Å². The zero-order chi connectivity index (χ0) is 13.7. The number of amides is 1. The molecule has 0 heterocycles. The van der Waals surface area contributed by atoms with E-state index in [9.17, 15) is 14.9 Å². The van der Waals surface area contributed by atoms with Gasteiger partial charge in [0.1, 0.15) is 5.38 Å². The van der Waals surface area contributed by atoms with Crippen LogP contribution in [0.5, 0.6) is 0 Å². The molecule has 0 spiro atoms. The fraction of sp³-hybridized carbons (Fsp3) is 0.417. The number of nitro benzene ring substituents is 1. The SMILES string of the molecule is CCCN(C(=O)C(C)Cl)c1cccc([N+](=O)[O-])c1. The third kappa shape index (κ3) is 3.43. The number of non-ortho nitro benzene ring substituents is 1.